The van der Waals surface area contributed by atoms with Gasteiger partial charge in [-0.3, -0.25) is 0 Å². The van der Waals surface area contributed by atoms with Gasteiger partial charge in [0.2, 0.25) is 0 Å². The van der Waals surface area contributed by atoms with E-state index in [-0.39, 0.29) is 17.5 Å². The molecule has 1 fully saturated rings. The van der Waals surface area contributed by atoms with Crippen LogP contribution in [0.1, 0.15) is 40.2 Å². The maximum Gasteiger partial charge on any atom is 0.123 e. The second kappa shape index (κ2) is 6.32. The predicted octanol–water partition coefficient (Wildman–Crippen LogP) is 3.33. The minimum absolute atomic E-state index is 0.171. The van der Waals surface area contributed by atoms with Gasteiger partial charge in [0, 0.05) is 31.4 Å². The summed E-state index contributed by atoms with van der Waals surface area (Å²) in [4.78, 5) is 2.31. The van der Waals surface area contributed by atoms with E-state index < -0.39 is 0 Å². The van der Waals surface area contributed by atoms with Crippen LogP contribution in [0.4, 0.5) is 10.1 Å². The number of hydrogen-bond acceptors (Lipinski definition) is 3. The van der Waals surface area contributed by atoms with E-state index in [4.69, 9.17) is 4.74 Å². The van der Waals surface area contributed by atoms with Gasteiger partial charge in [0.15, 0.2) is 0 Å². The van der Waals surface area contributed by atoms with Gasteiger partial charge >= 0.3 is 0 Å². The summed E-state index contributed by atoms with van der Waals surface area (Å²) in [5.41, 5.74) is 1.93. The normalized spacial score (nSPS) is 21.9. The molecule has 0 amide bonds. The van der Waals surface area contributed by atoms with Crippen molar-refractivity contribution in [1.29, 1.82) is 0 Å². The van der Waals surface area contributed by atoms with Gasteiger partial charge in [-0.05, 0) is 44.5 Å². The Morgan fingerprint density at radius 2 is 2.14 bits per heavy atom. The molecule has 0 aliphatic carbocycles. The van der Waals surface area contributed by atoms with E-state index in [9.17, 15) is 4.39 Å². The Kier molecular flexibility index (Phi) is 4.89. The molecule has 1 heterocycles. The molecule has 1 aliphatic rings. The van der Waals surface area contributed by atoms with Crippen molar-refractivity contribution in [2.24, 2.45) is 0 Å². The van der Waals surface area contributed by atoms with Crippen LogP contribution in [0.3, 0.4) is 0 Å². The predicted molar refractivity (Wildman–Crippen MR) is 85.2 cm³/mol. The summed E-state index contributed by atoms with van der Waals surface area (Å²) in [7, 11) is 0. The topological polar surface area (TPSA) is 24.5 Å². The van der Waals surface area contributed by atoms with Crippen molar-refractivity contribution < 1.29 is 9.13 Å². The van der Waals surface area contributed by atoms with Crippen molar-refractivity contribution >= 4 is 5.69 Å². The largest absolute Gasteiger partial charge is 0.369 e. The van der Waals surface area contributed by atoms with Crippen LogP contribution in [0, 0.1) is 5.82 Å². The van der Waals surface area contributed by atoms with Crippen LogP contribution < -0.4 is 10.2 Å². The van der Waals surface area contributed by atoms with E-state index in [0.29, 0.717) is 12.6 Å². The van der Waals surface area contributed by atoms with Crippen LogP contribution in [-0.2, 0) is 11.3 Å². The van der Waals surface area contributed by atoms with Gasteiger partial charge in [0.25, 0.3) is 0 Å². The fourth-order valence-electron chi connectivity index (χ4n) is 2.96. The molecule has 1 atom stereocenters. The standard InChI is InChI=1S/C17H27FN2O/c1-12(2)19-9-14-8-15(18)6-7-16(14)20-10-13(3)21-17(4,5)11-20/h6-8,12-13,19H,9-11H2,1-5H3. The average molecular weight is 294 g/mol. The molecule has 1 unspecified atom stereocenters. The molecule has 0 aromatic heterocycles. The molecule has 3 nitrogen and oxygen atoms in total. The molecular weight excluding hydrogens is 267 g/mol. The molecule has 118 valence electrons. The fraction of sp³-hybridized carbons (Fsp3) is 0.647. The van der Waals surface area contributed by atoms with E-state index in [0.717, 1.165) is 24.3 Å². The minimum Gasteiger partial charge on any atom is -0.369 e. The fourth-order valence-corrected chi connectivity index (χ4v) is 2.96. The first-order valence-corrected chi connectivity index (χ1v) is 7.71. The monoisotopic (exact) mass is 294 g/mol. The van der Waals surface area contributed by atoms with Crippen molar-refractivity contribution in [1.82, 2.24) is 5.32 Å². The number of benzene rings is 1. The van der Waals surface area contributed by atoms with E-state index >= 15 is 0 Å². The second-order valence-electron chi connectivity index (χ2n) is 6.88. The lowest BCUT2D eigenvalue weighted by molar-refractivity contribution is -0.0750. The van der Waals surface area contributed by atoms with E-state index in [1.807, 2.05) is 6.07 Å². The smallest absolute Gasteiger partial charge is 0.123 e. The first-order chi connectivity index (χ1) is 9.77. The molecule has 4 heteroatoms. The van der Waals surface area contributed by atoms with Gasteiger partial charge in [0.1, 0.15) is 5.82 Å². The Morgan fingerprint density at radius 3 is 2.76 bits per heavy atom. The first-order valence-electron chi connectivity index (χ1n) is 7.71. The molecule has 1 aromatic rings. The van der Waals surface area contributed by atoms with Crippen molar-refractivity contribution in [2.75, 3.05) is 18.0 Å². The number of nitrogens with one attached hydrogen (secondary N) is 1. The molecule has 0 spiro atoms. The maximum absolute atomic E-state index is 13.6. The van der Waals surface area contributed by atoms with Crippen molar-refractivity contribution in [2.45, 2.75) is 58.9 Å². The van der Waals surface area contributed by atoms with Crippen LogP contribution >= 0.6 is 0 Å². The summed E-state index contributed by atoms with van der Waals surface area (Å²) in [6.45, 7) is 12.8. The Labute approximate surface area is 127 Å². The van der Waals surface area contributed by atoms with E-state index in [1.54, 1.807) is 12.1 Å². The van der Waals surface area contributed by atoms with Crippen LogP contribution in [0.25, 0.3) is 0 Å². The zero-order valence-corrected chi connectivity index (χ0v) is 13.7. The first kappa shape index (κ1) is 16.2. The van der Waals surface area contributed by atoms with Gasteiger partial charge in [0.05, 0.1) is 11.7 Å². The number of rotatable bonds is 4. The summed E-state index contributed by atoms with van der Waals surface area (Å²) in [6.07, 6.45) is 0.171. The number of morpholine rings is 1. The summed E-state index contributed by atoms with van der Waals surface area (Å²) in [6, 6.07) is 5.45. The van der Waals surface area contributed by atoms with Gasteiger partial charge in [-0.25, -0.2) is 4.39 Å². The van der Waals surface area contributed by atoms with Crippen molar-refractivity contribution in [3.05, 3.63) is 29.6 Å². The average Bonchev–Trinajstić information content (AvgIpc) is 2.33. The van der Waals surface area contributed by atoms with E-state index in [2.05, 4.69) is 44.8 Å². The third kappa shape index (κ3) is 4.42. The Morgan fingerprint density at radius 1 is 1.43 bits per heavy atom. The highest BCUT2D eigenvalue weighted by atomic mass is 19.1. The highest BCUT2D eigenvalue weighted by Crippen LogP contribution is 2.29. The van der Waals surface area contributed by atoms with Gasteiger partial charge < -0.3 is 15.0 Å². The molecule has 0 radical (unpaired) electrons. The van der Waals surface area contributed by atoms with Gasteiger partial charge in [-0.1, -0.05) is 13.8 Å². The van der Waals surface area contributed by atoms with Crippen molar-refractivity contribution in [3.8, 4) is 0 Å². The molecule has 1 N–H and O–H groups in total. The maximum atomic E-state index is 13.6. The zero-order valence-electron chi connectivity index (χ0n) is 13.7. The molecule has 0 bridgehead atoms. The quantitative estimate of drug-likeness (QED) is 0.922. The van der Waals surface area contributed by atoms with Crippen LogP contribution in [0.2, 0.25) is 0 Å². The Bertz CT molecular complexity index is 488. The Hall–Kier alpha value is -1.13. The molecule has 0 saturated carbocycles. The molecule has 1 aliphatic heterocycles. The third-order valence-corrected chi connectivity index (χ3v) is 3.65. The van der Waals surface area contributed by atoms with Crippen molar-refractivity contribution in [3.63, 3.8) is 0 Å². The molecule has 2 rings (SSSR count). The van der Waals surface area contributed by atoms with Crippen LogP contribution in [0.15, 0.2) is 18.2 Å². The number of anilines is 1. The summed E-state index contributed by atoms with van der Waals surface area (Å²) in [5, 5.41) is 3.38. The SMILES string of the molecule is CC(C)NCc1cc(F)ccc1N1CC(C)OC(C)(C)C1. The minimum atomic E-state index is -0.186. The van der Waals surface area contributed by atoms with E-state index in [1.165, 1.54) is 0 Å². The summed E-state index contributed by atoms with van der Waals surface area (Å²) >= 11 is 0. The van der Waals surface area contributed by atoms with Gasteiger partial charge in [-0.2, -0.15) is 0 Å². The Balaban J connectivity index is 2.25. The number of ether oxygens (including phenoxy) is 1. The zero-order chi connectivity index (χ0) is 15.6. The summed E-state index contributed by atoms with van der Waals surface area (Å²) < 4.78 is 19.6. The molecular formula is C17H27FN2O. The number of halogens is 1. The molecule has 21 heavy (non-hydrogen) atoms. The molecule has 1 saturated heterocycles. The lowest BCUT2D eigenvalue weighted by atomic mass is 10.0. The highest BCUT2D eigenvalue weighted by molar-refractivity contribution is 5.54. The summed E-state index contributed by atoms with van der Waals surface area (Å²) in [5.74, 6) is -0.181. The molecule has 1 aromatic carbocycles. The van der Waals surface area contributed by atoms with Gasteiger partial charge in [-0.15, -0.1) is 0 Å². The van der Waals surface area contributed by atoms with Crippen LogP contribution in [-0.4, -0.2) is 30.8 Å². The second-order valence-corrected chi connectivity index (χ2v) is 6.88. The third-order valence-electron chi connectivity index (χ3n) is 3.65. The highest BCUT2D eigenvalue weighted by Gasteiger charge is 2.32. The lowest BCUT2D eigenvalue weighted by Crippen LogP contribution is -2.52. The van der Waals surface area contributed by atoms with Crippen LogP contribution in [0.5, 0.6) is 0 Å². The lowest BCUT2D eigenvalue weighted by Gasteiger charge is -2.43. The number of nitrogens with zero attached hydrogens (tertiary/aromatic N) is 1. The number of hydrogen-bond donors (Lipinski definition) is 1.